The molecule has 22 heavy (non-hydrogen) atoms. The Labute approximate surface area is 135 Å². The van der Waals surface area contributed by atoms with Crippen molar-refractivity contribution in [2.75, 3.05) is 0 Å². The molecule has 0 spiro atoms. The zero-order chi connectivity index (χ0) is 15.7. The molecule has 1 amide bonds. The molecule has 3 rings (SSSR count). The molecular weight excluding hydrogens is 294 g/mol. The minimum atomic E-state index is 0.110. The summed E-state index contributed by atoms with van der Waals surface area (Å²) in [6.45, 7) is 4.39. The second-order valence-electron chi connectivity index (χ2n) is 6.60. The second kappa shape index (κ2) is 6.24. The number of carbonyl (C=O) groups is 1. The number of aryl methyl sites for hydroxylation is 1. The summed E-state index contributed by atoms with van der Waals surface area (Å²) in [7, 11) is 1.91. The van der Waals surface area contributed by atoms with E-state index in [4.69, 9.17) is 0 Å². The quantitative estimate of drug-likeness (QED) is 0.886. The van der Waals surface area contributed by atoms with Gasteiger partial charge in [-0.2, -0.15) is 5.10 Å². The van der Waals surface area contributed by atoms with Crippen molar-refractivity contribution in [2.45, 2.75) is 38.6 Å². The molecule has 2 aromatic rings. The summed E-state index contributed by atoms with van der Waals surface area (Å²) >= 11 is 1.72. The number of thiophene rings is 1. The van der Waals surface area contributed by atoms with Crippen LogP contribution >= 0.6 is 11.3 Å². The van der Waals surface area contributed by atoms with Crippen LogP contribution in [0.2, 0.25) is 0 Å². The predicted molar refractivity (Wildman–Crippen MR) is 88.7 cm³/mol. The normalized spacial score (nSPS) is 21.8. The van der Waals surface area contributed by atoms with Crippen LogP contribution in [0.15, 0.2) is 29.9 Å². The van der Waals surface area contributed by atoms with Gasteiger partial charge in [0, 0.05) is 24.0 Å². The van der Waals surface area contributed by atoms with Gasteiger partial charge in [0.1, 0.15) is 0 Å². The molecule has 0 aliphatic heterocycles. The van der Waals surface area contributed by atoms with Gasteiger partial charge in [0.15, 0.2) is 0 Å². The number of amides is 1. The predicted octanol–water partition coefficient (Wildman–Crippen LogP) is 3.49. The highest BCUT2D eigenvalue weighted by Crippen LogP contribution is 2.47. The van der Waals surface area contributed by atoms with Crippen molar-refractivity contribution < 1.29 is 4.79 Å². The van der Waals surface area contributed by atoms with Gasteiger partial charge in [-0.15, -0.1) is 11.3 Å². The highest BCUT2D eigenvalue weighted by molar-refractivity contribution is 7.10. The number of nitrogens with zero attached hydrogens (tertiary/aromatic N) is 2. The van der Waals surface area contributed by atoms with Gasteiger partial charge >= 0.3 is 0 Å². The van der Waals surface area contributed by atoms with Crippen LogP contribution in [0.4, 0.5) is 0 Å². The van der Waals surface area contributed by atoms with Crippen LogP contribution in [0.25, 0.3) is 0 Å². The molecule has 1 fully saturated rings. The fourth-order valence-electron chi connectivity index (χ4n) is 2.97. The maximum absolute atomic E-state index is 12.5. The van der Waals surface area contributed by atoms with E-state index >= 15 is 0 Å². The Morgan fingerprint density at radius 1 is 1.55 bits per heavy atom. The van der Waals surface area contributed by atoms with Crippen molar-refractivity contribution >= 4 is 17.2 Å². The lowest BCUT2D eigenvalue weighted by Crippen LogP contribution is -2.30. The lowest BCUT2D eigenvalue weighted by atomic mass is 10.0. The summed E-state index contributed by atoms with van der Waals surface area (Å²) in [4.78, 5) is 13.8. The first-order valence-electron chi connectivity index (χ1n) is 7.87. The molecular formula is C17H23N3OS. The van der Waals surface area contributed by atoms with E-state index in [-0.39, 0.29) is 17.9 Å². The largest absolute Gasteiger partial charge is 0.348 e. The lowest BCUT2D eigenvalue weighted by Gasteiger charge is -2.19. The van der Waals surface area contributed by atoms with Crippen molar-refractivity contribution in [3.63, 3.8) is 0 Å². The third kappa shape index (κ3) is 3.40. The van der Waals surface area contributed by atoms with Crippen molar-refractivity contribution in [1.82, 2.24) is 15.1 Å². The van der Waals surface area contributed by atoms with E-state index in [0.29, 0.717) is 11.8 Å². The minimum Gasteiger partial charge on any atom is -0.348 e. The number of hydrogen-bond acceptors (Lipinski definition) is 3. The molecule has 0 saturated heterocycles. The third-order valence-electron chi connectivity index (χ3n) is 4.19. The Balaban J connectivity index is 1.63. The molecule has 2 aromatic heterocycles. The third-order valence-corrected chi connectivity index (χ3v) is 5.18. The Bertz CT molecular complexity index is 632. The van der Waals surface area contributed by atoms with E-state index in [1.807, 2.05) is 19.4 Å². The number of nitrogens with one attached hydrogen (secondary N) is 1. The highest BCUT2D eigenvalue weighted by atomic mass is 32.1. The Morgan fingerprint density at radius 2 is 2.36 bits per heavy atom. The Kier molecular flexibility index (Phi) is 4.34. The fraction of sp³-hybridized carbons (Fsp3) is 0.529. The first-order chi connectivity index (χ1) is 10.5. The SMILES string of the molecule is CC(C)C[C@H](NC(=O)[C@@H]1C[C@H]1c1cnn(C)c1)c1cccs1. The molecule has 0 unspecified atom stereocenters. The van der Waals surface area contributed by atoms with Crippen LogP contribution in [-0.4, -0.2) is 15.7 Å². The first kappa shape index (κ1) is 15.3. The monoisotopic (exact) mass is 317 g/mol. The van der Waals surface area contributed by atoms with Crippen LogP contribution in [-0.2, 0) is 11.8 Å². The van der Waals surface area contributed by atoms with E-state index in [0.717, 1.165) is 12.8 Å². The van der Waals surface area contributed by atoms with E-state index in [2.05, 4.69) is 41.8 Å². The van der Waals surface area contributed by atoms with Crippen LogP contribution < -0.4 is 5.32 Å². The lowest BCUT2D eigenvalue weighted by molar-refractivity contribution is -0.123. The maximum Gasteiger partial charge on any atom is 0.224 e. The molecule has 0 radical (unpaired) electrons. The maximum atomic E-state index is 12.5. The second-order valence-corrected chi connectivity index (χ2v) is 7.58. The number of aromatic nitrogens is 2. The summed E-state index contributed by atoms with van der Waals surface area (Å²) < 4.78 is 1.80. The molecule has 0 aromatic carbocycles. The summed E-state index contributed by atoms with van der Waals surface area (Å²) in [5, 5.41) is 9.54. The molecule has 0 bridgehead atoms. The number of rotatable bonds is 6. The smallest absolute Gasteiger partial charge is 0.224 e. The molecule has 1 saturated carbocycles. The fourth-order valence-corrected chi connectivity index (χ4v) is 3.76. The summed E-state index contributed by atoms with van der Waals surface area (Å²) in [6.07, 6.45) is 5.82. The molecule has 1 N–H and O–H groups in total. The van der Waals surface area contributed by atoms with Crippen molar-refractivity contribution in [3.8, 4) is 0 Å². The topological polar surface area (TPSA) is 46.9 Å². The Hall–Kier alpha value is -1.62. The molecule has 1 aliphatic carbocycles. The zero-order valence-electron chi connectivity index (χ0n) is 13.3. The van der Waals surface area contributed by atoms with Crippen LogP contribution in [0, 0.1) is 11.8 Å². The van der Waals surface area contributed by atoms with Gasteiger partial charge < -0.3 is 5.32 Å². The standard InChI is InChI=1S/C17H23N3OS/c1-11(2)7-15(16-5-4-6-22-16)19-17(21)14-8-13(14)12-9-18-20(3)10-12/h4-6,9-11,13-15H,7-8H2,1-3H3,(H,19,21)/t13-,14+,15-/m0/s1. The summed E-state index contributed by atoms with van der Waals surface area (Å²) in [6, 6.07) is 4.31. The van der Waals surface area contributed by atoms with E-state index in [9.17, 15) is 4.79 Å². The van der Waals surface area contributed by atoms with Gasteiger partial charge in [-0.05, 0) is 41.7 Å². The van der Waals surface area contributed by atoms with Crippen LogP contribution in [0.3, 0.4) is 0 Å². The van der Waals surface area contributed by atoms with E-state index < -0.39 is 0 Å². The average molecular weight is 317 g/mol. The highest BCUT2D eigenvalue weighted by Gasteiger charge is 2.45. The van der Waals surface area contributed by atoms with Crippen LogP contribution in [0.1, 0.15) is 49.1 Å². The van der Waals surface area contributed by atoms with Gasteiger partial charge in [-0.3, -0.25) is 9.48 Å². The first-order valence-corrected chi connectivity index (χ1v) is 8.75. The summed E-state index contributed by atoms with van der Waals surface area (Å²) in [5.74, 6) is 1.20. The van der Waals surface area contributed by atoms with Gasteiger partial charge in [0.05, 0.1) is 12.2 Å². The van der Waals surface area contributed by atoms with Gasteiger partial charge in [-0.25, -0.2) is 0 Å². The van der Waals surface area contributed by atoms with Crippen molar-refractivity contribution in [3.05, 3.63) is 40.3 Å². The molecule has 2 heterocycles. The molecule has 3 atom stereocenters. The molecule has 4 nitrogen and oxygen atoms in total. The average Bonchev–Trinajstić information content (AvgIpc) is 2.87. The van der Waals surface area contributed by atoms with Crippen LogP contribution in [0.5, 0.6) is 0 Å². The van der Waals surface area contributed by atoms with E-state index in [1.54, 1.807) is 16.0 Å². The minimum absolute atomic E-state index is 0.110. The summed E-state index contributed by atoms with van der Waals surface area (Å²) in [5.41, 5.74) is 1.18. The van der Waals surface area contributed by atoms with E-state index in [1.165, 1.54) is 10.4 Å². The van der Waals surface area contributed by atoms with Gasteiger partial charge in [0.25, 0.3) is 0 Å². The zero-order valence-corrected chi connectivity index (χ0v) is 14.1. The molecule has 5 heteroatoms. The molecule has 118 valence electrons. The Morgan fingerprint density at radius 3 is 2.95 bits per heavy atom. The van der Waals surface area contributed by atoms with Gasteiger partial charge in [0.2, 0.25) is 5.91 Å². The van der Waals surface area contributed by atoms with Crippen molar-refractivity contribution in [2.24, 2.45) is 18.9 Å². The van der Waals surface area contributed by atoms with Gasteiger partial charge in [-0.1, -0.05) is 19.9 Å². The number of hydrogen-bond donors (Lipinski definition) is 1. The molecule has 1 aliphatic rings. The van der Waals surface area contributed by atoms with Crippen molar-refractivity contribution in [1.29, 1.82) is 0 Å². The number of carbonyl (C=O) groups excluding carboxylic acids is 1.